The van der Waals surface area contributed by atoms with Crippen molar-refractivity contribution in [2.24, 2.45) is 0 Å². The van der Waals surface area contributed by atoms with E-state index in [4.69, 9.17) is 11.6 Å². The van der Waals surface area contributed by atoms with Gasteiger partial charge >= 0.3 is 0 Å². The number of hydrogen-bond acceptors (Lipinski definition) is 2. The van der Waals surface area contributed by atoms with Crippen LogP contribution in [0.3, 0.4) is 0 Å². The number of hydrogen-bond donors (Lipinski definition) is 0. The molecule has 14 heavy (non-hydrogen) atoms. The van der Waals surface area contributed by atoms with Gasteiger partial charge in [0.15, 0.2) is 0 Å². The highest BCUT2D eigenvalue weighted by atomic mass is 35.5. The number of aryl methyl sites for hydroxylation is 1. The van der Waals surface area contributed by atoms with Gasteiger partial charge in [0.05, 0.1) is 17.9 Å². The van der Waals surface area contributed by atoms with Gasteiger partial charge in [-0.05, 0) is 23.9 Å². The van der Waals surface area contributed by atoms with Crippen LogP contribution in [-0.4, -0.2) is 9.55 Å². The molecule has 0 fully saturated rings. The van der Waals surface area contributed by atoms with E-state index in [9.17, 15) is 0 Å². The number of rotatable bonds is 3. The van der Waals surface area contributed by atoms with Crippen LogP contribution in [0.1, 0.15) is 16.1 Å². The molecule has 0 saturated heterocycles. The molecular weight excluding hydrogens is 216 g/mol. The molecule has 2 rings (SSSR count). The lowest BCUT2D eigenvalue weighted by Gasteiger charge is -1.97. The Morgan fingerprint density at radius 1 is 1.57 bits per heavy atom. The van der Waals surface area contributed by atoms with Crippen molar-refractivity contribution in [3.8, 4) is 0 Å². The SMILES string of the molecule is Cc1cc(Cn2cnc(CCl)c2)cs1. The second-order valence-electron chi connectivity index (χ2n) is 3.24. The van der Waals surface area contributed by atoms with Crippen molar-refractivity contribution in [2.75, 3.05) is 0 Å². The molecule has 0 bridgehead atoms. The summed E-state index contributed by atoms with van der Waals surface area (Å²) in [4.78, 5) is 5.52. The Balaban J connectivity index is 2.10. The number of aromatic nitrogens is 2. The third kappa shape index (κ3) is 2.16. The highest BCUT2D eigenvalue weighted by Gasteiger charge is 1.99. The van der Waals surface area contributed by atoms with E-state index in [0.717, 1.165) is 12.2 Å². The monoisotopic (exact) mass is 226 g/mol. The van der Waals surface area contributed by atoms with Crippen molar-refractivity contribution in [3.63, 3.8) is 0 Å². The molecule has 0 saturated carbocycles. The molecule has 2 aromatic heterocycles. The van der Waals surface area contributed by atoms with Gasteiger partial charge in [-0.1, -0.05) is 0 Å². The predicted molar refractivity (Wildman–Crippen MR) is 59.9 cm³/mol. The Morgan fingerprint density at radius 2 is 2.43 bits per heavy atom. The predicted octanol–water partition coefficient (Wildman–Crippen LogP) is 3.04. The topological polar surface area (TPSA) is 17.8 Å². The third-order valence-electron chi connectivity index (χ3n) is 1.97. The van der Waals surface area contributed by atoms with E-state index < -0.39 is 0 Å². The minimum absolute atomic E-state index is 0.482. The zero-order chi connectivity index (χ0) is 9.97. The summed E-state index contributed by atoms with van der Waals surface area (Å²) >= 11 is 7.45. The Labute approximate surface area is 92.2 Å². The molecule has 0 aliphatic heterocycles. The molecule has 2 heterocycles. The van der Waals surface area contributed by atoms with Crippen LogP contribution in [-0.2, 0) is 12.4 Å². The molecule has 0 aliphatic carbocycles. The van der Waals surface area contributed by atoms with E-state index in [2.05, 4.69) is 27.9 Å². The lowest BCUT2D eigenvalue weighted by Crippen LogP contribution is -1.94. The summed E-state index contributed by atoms with van der Waals surface area (Å²) in [6, 6.07) is 2.20. The molecule has 2 nitrogen and oxygen atoms in total. The van der Waals surface area contributed by atoms with Crippen molar-refractivity contribution in [1.29, 1.82) is 0 Å². The van der Waals surface area contributed by atoms with Crippen LogP contribution >= 0.6 is 22.9 Å². The number of halogens is 1. The molecule has 0 spiro atoms. The fourth-order valence-corrected chi connectivity index (χ4v) is 2.19. The molecule has 0 atom stereocenters. The first-order chi connectivity index (χ1) is 6.78. The van der Waals surface area contributed by atoms with E-state index in [1.165, 1.54) is 10.4 Å². The zero-order valence-corrected chi connectivity index (χ0v) is 9.48. The molecule has 2 aromatic rings. The van der Waals surface area contributed by atoms with Gasteiger partial charge in [0.25, 0.3) is 0 Å². The van der Waals surface area contributed by atoms with Gasteiger partial charge in [-0.3, -0.25) is 0 Å². The van der Waals surface area contributed by atoms with Crippen molar-refractivity contribution in [3.05, 3.63) is 40.1 Å². The summed E-state index contributed by atoms with van der Waals surface area (Å²) in [6.45, 7) is 3.00. The Hall–Kier alpha value is -0.800. The number of thiophene rings is 1. The summed E-state index contributed by atoms with van der Waals surface area (Å²) in [5, 5.41) is 2.18. The Bertz CT molecular complexity index is 419. The normalized spacial score (nSPS) is 10.7. The molecule has 0 radical (unpaired) electrons. The quantitative estimate of drug-likeness (QED) is 0.736. The molecular formula is C10H11ClN2S. The average Bonchev–Trinajstić information content (AvgIpc) is 2.76. The first-order valence-corrected chi connectivity index (χ1v) is 5.80. The van der Waals surface area contributed by atoms with Gasteiger partial charge in [-0.2, -0.15) is 0 Å². The standard InChI is InChI=1S/C10H11ClN2S/c1-8-2-9(6-14-8)4-13-5-10(3-11)12-7-13/h2,5-7H,3-4H2,1H3. The van der Waals surface area contributed by atoms with Crippen LogP contribution < -0.4 is 0 Å². The molecule has 0 amide bonds. The van der Waals surface area contributed by atoms with Crippen LogP contribution in [0.25, 0.3) is 0 Å². The number of imidazole rings is 1. The summed E-state index contributed by atoms with van der Waals surface area (Å²) < 4.78 is 2.05. The van der Waals surface area contributed by atoms with Gasteiger partial charge in [0, 0.05) is 17.6 Å². The minimum Gasteiger partial charge on any atom is -0.333 e. The first-order valence-electron chi connectivity index (χ1n) is 4.38. The van der Waals surface area contributed by atoms with Crippen molar-refractivity contribution in [2.45, 2.75) is 19.3 Å². The zero-order valence-electron chi connectivity index (χ0n) is 7.90. The maximum absolute atomic E-state index is 5.67. The summed E-state index contributed by atoms with van der Waals surface area (Å²) in [7, 11) is 0. The fraction of sp³-hybridized carbons (Fsp3) is 0.300. The van der Waals surface area contributed by atoms with E-state index in [0.29, 0.717) is 5.88 Å². The maximum atomic E-state index is 5.67. The van der Waals surface area contributed by atoms with Gasteiger partial charge in [-0.15, -0.1) is 22.9 Å². The third-order valence-corrected chi connectivity index (χ3v) is 3.16. The molecule has 0 aliphatic rings. The smallest absolute Gasteiger partial charge is 0.0953 e. The summed E-state index contributed by atoms with van der Waals surface area (Å²) in [6.07, 6.45) is 3.81. The number of alkyl halides is 1. The van der Waals surface area contributed by atoms with Gasteiger partial charge < -0.3 is 4.57 Å². The second kappa shape index (κ2) is 4.15. The van der Waals surface area contributed by atoms with E-state index >= 15 is 0 Å². The van der Waals surface area contributed by atoms with Crippen LogP contribution in [0.2, 0.25) is 0 Å². The fourth-order valence-electron chi connectivity index (χ4n) is 1.35. The van der Waals surface area contributed by atoms with Gasteiger partial charge in [0.2, 0.25) is 0 Å². The molecule has 4 heteroatoms. The van der Waals surface area contributed by atoms with Crippen LogP contribution in [0.15, 0.2) is 24.0 Å². The lowest BCUT2D eigenvalue weighted by atomic mass is 10.3. The van der Waals surface area contributed by atoms with E-state index in [-0.39, 0.29) is 0 Å². The average molecular weight is 227 g/mol. The van der Waals surface area contributed by atoms with Crippen LogP contribution in [0, 0.1) is 6.92 Å². The van der Waals surface area contributed by atoms with Crippen molar-refractivity contribution >= 4 is 22.9 Å². The van der Waals surface area contributed by atoms with E-state index in [1.807, 2.05) is 12.5 Å². The molecule has 74 valence electrons. The lowest BCUT2D eigenvalue weighted by molar-refractivity contribution is 0.799. The molecule has 0 N–H and O–H groups in total. The highest BCUT2D eigenvalue weighted by Crippen LogP contribution is 2.14. The largest absolute Gasteiger partial charge is 0.333 e. The maximum Gasteiger partial charge on any atom is 0.0953 e. The van der Waals surface area contributed by atoms with Crippen molar-refractivity contribution < 1.29 is 0 Å². The second-order valence-corrected chi connectivity index (χ2v) is 4.62. The Kier molecular flexibility index (Phi) is 2.89. The van der Waals surface area contributed by atoms with Crippen LogP contribution in [0.4, 0.5) is 0 Å². The van der Waals surface area contributed by atoms with Crippen molar-refractivity contribution in [1.82, 2.24) is 9.55 Å². The Morgan fingerprint density at radius 3 is 3.00 bits per heavy atom. The van der Waals surface area contributed by atoms with E-state index in [1.54, 1.807) is 11.3 Å². The molecule has 0 unspecified atom stereocenters. The van der Waals surface area contributed by atoms with Gasteiger partial charge in [0.1, 0.15) is 0 Å². The number of nitrogens with zero attached hydrogens (tertiary/aromatic N) is 2. The first kappa shape index (κ1) is 9.74. The summed E-state index contributed by atoms with van der Waals surface area (Å²) in [5.74, 6) is 0.482. The highest BCUT2D eigenvalue weighted by molar-refractivity contribution is 7.10. The van der Waals surface area contributed by atoms with Gasteiger partial charge in [-0.25, -0.2) is 4.98 Å². The summed E-state index contributed by atoms with van der Waals surface area (Å²) in [5.41, 5.74) is 2.25. The minimum atomic E-state index is 0.482. The van der Waals surface area contributed by atoms with Crippen LogP contribution in [0.5, 0.6) is 0 Å². The molecule has 0 aromatic carbocycles.